The number of nitrogens with zero attached hydrogens (tertiary/aromatic N) is 2. The number of likely N-dealkylation sites (tertiary alicyclic amines) is 1. The van der Waals surface area contributed by atoms with E-state index in [1.807, 2.05) is 0 Å². The summed E-state index contributed by atoms with van der Waals surface area (Å²) in [5, 5.41) is 6.67. The largest absolute Gasteiger partial charge is 0.352 e. The maximum atomic E-state index is 4.41. The van der Waals surface area contributed by atoms with Gasteiger partial charge in [-0.15, -0.1) is 0 Å². The summed E-state index contributed by atoms with van der Waals surface area (Å²) in [5.41, 5.74) is 2.72. The summed E-state index contributed by atoms with van der Waals surface area (Å²) in [6.45, 7) is 7.46. The SMILES string of the molecule is CC1CN=C(NCc2ccc(CN3CCCC3)cc2)N1. The van der Waals surface area contributed by atoms with E-state index in [9.17, 15) is 0 Å². The standard InChI is InChI=1S/C16H24N4/c1-13-10-17-16(19-13)18-11-14-4-6-15(7-5-14)12-20-8-2-3-9-20/h4-7,13H,2-3,8-12H2,1H3,(H2,17,18,19). The monoisotopic (exact) mass is 272 g/mol. The van der Waals surface area contributed by atoms with E-state index in [0.29, 0.717) is 6.04 Å². The Bertz CT molecular complexity index is 460. The minimum atomic E-state index is 0.459. The molecule has 1 atom stereocenters. The maximum absolute atomic E-state index is 4.41. The molecule has 1 aromatic carbocycles. The predicted molar refractivity (Wildman–Crippen MR) is 82.7 cm³/mol. The number of benzene rings is 1. The van der Waals surface area contributed by atoms with Gasteiger partial charge >= 0.3 is 0 Å². The molecule has 0 amide bonds. The van der Waals surface area contributed by atoms with E-state index in [0.717, 1.165) is 25.6 Å². The van der Waals surface area contributed by atoms with Gasteiger partial charge in [-0.2, -0.15) is 0 Å². The van der Waals surface area contributed by atoms with Gasteiger partial charge in [-0.1, -0.05) is 24.3 Å². The summed E-state index contributed by atoms with van der Waals surface area (Å²) in [6.07, 6.45) is 2.71. The van der Waals surface area contributed by atoms with E-state index in [-0.39, 0.29) is 0 Å². The van der Waals surface area contributed by atoms with Gasteiger partial charge in [0.1, 0.15) is 0 Å². The third kappa shape index (κ3) is 3.51. The van der Waals surface area contributed by atoms with Gasteiger partial charge in [-0.3, -0.25) is 9.89 Å². The van der Waals surface area contributed by atoms with Crippen LogP contribution in [0.25, 0.3) is 0 Å². The molecule has 1 aromatic rings. The van der Waals surface area contributed by atoms with Gasteiger partial charge in [0, 0.05) is 19.1 Å². The van der Waals surface area contributed by atoms with Gasteiger partial charge in [0.25, 0.3) is 0 Å². The van der Waals surface area contributed by atoms with Gasteiger partial charge in [0.2, 0.25) is 0 Å². The fourth-order valence-corrected chi connectivity index (χ4v) is 2.81. The van der Waals surface area contributed by atoms with Crippen molar-refractivity contribution in [1.29, 1.82) is 0 Å². The minimum Gasteiger partial charge on any atom is -0.352 e. The number of guanidine groups is 1. The van der Waals surface area contributed by atoms with Gasteiger partial charge in [-0.25, -0.2) is 0 Å². The van der Waals surface area contributed by atoms with Crippen LogP contribution in [0.15, 0.2) is 29.3 Å². The lowest BCUT2D eigenvalue weighted by atomic mass is 10.1. The topological polar surface area (TPSA) is 39.7 Å². The van der Waals surface area contributed by atoms with Crippen molar-refractivity contribution in [3.8, 4) is 0 Å². The molecular formula is C16H24N4. The van der Waals surface area contributed by atoms with E-state index >= 15 is 0 Å². The van der Waals surface area contributed by atoms with Crippen molar-refractivity contribution in [2.45, 2.75) is 38.9 Å². The number of hydrogen-bond acceptors (Lipinski definition) is 4. The molecule has 1 fully saturated rings. The number of aliphatic imine (C=N–C) groups is 1. The third-order valence-corrected chi connectivity index (χ3v) is 3.99. The van der Waals surface area contributed by atoms with Crippen molar-refractivity contribution in [2.24, 2.45) is 4.99 Å². The van der Waals surface area contributed by atoms with Crippen LogP contribution in [0, 0.1) is 0 Å². The first-order valence-corrected chi connectivity index (χ1v) is 7.64. The fraction of sp³-hybridized carbons (Fsp3) is 0.562. The smallest absolute Gasteiger partial charge is 0.191 e. The van der Waals surface area contributed by atoms with E-state index in [4.69, 9.17) is 0 Å². The second-order valence-electron chi connectivity index (χ2n) is 5.89. The van der Waals surface area contributed by atoms with Crippen molar-refractivity contribution >= 4 is 5.96 Å². The van der Waals surface area contributed by atoms with Crippen molar-refractivity contribution in [2.75, 3.05) is 19.6 Å². The van der Waals surface area contributed by atoms with E-state index < -0.39 is 0 Å². The molecular weight excluding hydrogens is 248 g/mol. The van der Waals surface area contributed by atoms with Crippen LogP contribution in [0.1, 0.15) is 30.9 Å². The quantitative estimate of drug-likeness (QED) is 0.877. The number of nitrogens with one attached hydrogen (secondary N) is 2. The molecule has 0 spiro atoms. The summed E-state index contributed by atoms with van der Waals surface area (Å²) in [5.74, 6) is 0.929. The molecule has 2 heterocycles. The lowest BCUT2D eigenvalue weighted by molar-refractivity contribution is 0.331. The van der Waals surface area contributed by atoms with Crippen LogP contribution in [-0.4, -0.2) is 36.5 Å². The number of hydrogen-bond donors (Lipinski definition) is 2. The average molecular weight is 272 g/mol. The molecule has 2 N–H and O–H groups in total. The predicted octanol–water partition coefficient (Wildman–Crippen LogP) is 1.72. The molecule has 3 rings (SSSR count). The van der Waals surface area contributed by atoms with Crippen molar-refractivity contribution in [1.82, 2.24) is 15.5 Å². The van der Waals surface area contributed by atoms with E-state index in [1.165, 1.54) is 37.1 Å². The van der Waals surface area contributed by atoms with Crippen molar-refractivity contribution < 1.29 is 0 Å². The highest BCUT2D eigenvalue weighted by Crippen LogP contribution is 2.13. The lowest BCUT2D eigenvalue weighted by Crippen LogP contribution is -2.37. The van der Waals surface area contributed by atoms with Gasteiger partial charge in [0.05, 0.1) is 6.54 Å². The van der Waals surface area contributed by atoms with Crippen LogP contribution in [0.4, 0.5) is 0 Å². The molecule has 108 valence electrons. The Balaban J connectivity index is 1.48. The summed E-state index contributed by atoms with van der Waals surface area (Å²) in [6, 6.07) is 9.40. The molecule has 0 saturated carbocycles. The highest BCUT2D eigenvalue weighted by Gasteiger charge is 2.12. The van der Waals surface area contributed by atoms with Crippen molar-refractivity contribution in [3.63, 3.8) is 0 Å². The fourth-order valence-electron chi connectivity index (χ4n) is 2.81. The second kappa shape index (κ2) is 6.27. The zero-order valence-corrected chi connectivity index (χ0v) is 12.2. The average Bonchev–Trinajstić information content (AvgIpc) is 3.10. The molecule has 0 bridgehead atoms. The van der Waals surface area contributed by atoms with Crippen LogP contribution in [0.5, 0.6) is 0 Å². The lowest BCUT2D eigenvalue weighted by Gasteiger charge is -2.15. The first-order chi connectivity index (χ1) is 9.79. The van der Waals surface area contributed by atoms with Crippen LogP contribution < -0.4 is 10.6 Å². The first-order valence-electron chi connectivity index (χ1n) is 7.64. The summed E-state index contributed by atoms with van der Waals surface area (Å²) in [7, 11) is 0. The van der Waals surface area contributed by atoms with Crippen LogP contribution in [0.3, 0.4) is 0 Å². The highest BCUT2D eigenvalue weighted by atomic mass is 15.2. The summed E-state index contributed by atoms with van der Waals surface area (Å²) >= 11 is 0. The van der Waals surface area contributed by atoms with E-state index in [2.05, 4.69) is 51.7 Å². The molecule has 0 aliphatic carbocycles. The molecule has 2 aliphatic heterocycles. The molecule has 0 radical (unpaired) electrons. The zero-order chi connectivity index (χ0) is 13.8. The van der Waals surface area contributed by atoms with Crippen molar-refractivity contribution in [3.05, 3.63) is 35.4 Å². The zero-order valence-electron chi connectivity index (χ0n) is 12.2. The molecule has 4 heteroatoms. The van der Waals surface area contributed by atoms with Crippen LogP contribution >= 0.6 is 0 Å². The maximum Gasteiger partial charge on any atom is 0.191 e. The van der Waals surface area contributed by atoms with E-state index in [1.54, 1.807) is 0 Å². The molecule has 1 unspecified atom stereocenters. The highest BCUT2D eigenvalue weighted by molar-refractivity contribution is 5.81. The second-order valence-corrected chi connectivity index (χ2v) is 5.89. The Morgan fingerprint density at radius 1 is 1.20 bits per heavy atom. The molecule has 20 heavy (non-hydrogen) atoms. The Morgan fingerprint density at radius 3 is 2.55 bits per heavy atom. The van der Waals surface area contributed by atoms with Crippen LogP contribution in [-0.2, 0) is 13.1 Å². The number of rotatable bonds is 4. The Hall–Kier alpha value is -1.55. The van der Waals surface area contributed by atoms with Gasteiger partial charge in [-0.05, 0) is 44.0 Å². The molecule has 2 aliphatic rings. The van der Waals surface area contributed by atoms with Gasteiger partial charge < -0.3 is 10.6 Å². The molecule has 1 saturated heterocycles. The first kappa shape index (κ1) is 13.4. The Morgan fingerprint density at radius 2 is 1.90 bits per heavy atom. The Kier molecular flexibility index (Phi) is 4.21. The molecule has 4 nitrogen and oxygen atoms in total. The summed E-state index contributed by atoms with van der Waals surface area (Å²) < 4.78 is 0. The summed E-state index contributed by atoms with van der Waals surface area (Å²) in [4.78, 5) is 6.94. The van der Waals surface area contributed by atoms with Gasteiger partial charge in [0.15, 0.2) is 5.96 Å². The normalized spacial score (nSPS) is 22.6. The third-order valence-electron chi connectivity index (χ3n) is 3.99. The minimum absolute atomic E-state index is 0.459. The van der Waals surface area contributed by atoms with Crippen LogP contribution in [0.2, 0.25) is 0 Å². The molecule has 0 aromatic heterocycles. The Labute approximate surface area is 121 Å².